The molecule has 1 aromatic heterocycles. The predicted molar refractivity (Wildman–Crippen MR) is 96.5 cm³/mol. The summed E-state index contributed by atoms with van der Waals surface area (Å²) in [6.07, 6.45) is -1.20. The minimum Gasteiger partial charge on any atom is -0.376 e. The van der Waals surface area contributed by atoms with Gasteiger partial charge in [0.25, 0.3) is 0 Å². The molecule has 9 nitrogen and oxygen atoms in total. The highest BCUT2D eigenvalue weighted by atomic mass is 35.5. The second-order valence-electron chi connectivity index (χ2n) is 7.17. The van der Waals surface area contributed by atoms with Crippen molar-refractivity contribution in [2.45, 2.75) is 43.8 Å². The molecule has 1 saturated heterocycles. The van der Waals surface area contributed by atoms with Crippen LogP contribution >= 0.6 is 11.6 Å². The molecule has 2 heterocycles. The maximum absolute atomic E-state index is 14.6. The number of imidazole rings is 1. The lowest BCUT2D eigenvalue weighted by atomic mass is 9.63. The van der Waals surface area contributed by atoms with Crippen LogP contribution in [0.3, 0.4) is 0 Å². The smallest absolute Gasteiger partial charge is 0.207 e. The van der Waals surface area contributed by atoms with E-state index in [1.54, 1.807) is 0 Å². The molecule has 162 valence electrons. The highest BCUT2D eigenvalue weighted by Crippen LogP contribution is 2.48. The summed E-state index contributed by atoms with van der Waals surface area (Å²) < 4.78 is 34.6. The first-order chi connectivity index (χ1) is 13.7. The number of ketones is 3. The third-order valence-electron chi connectivity index (χ3n) is 5.53. The van der Waals surface area contributed by atoms with E-state index in [4.69, 9.17) is 16.3 Å². The van der Waals surface area contributed by atoms with Gasteiger partial charge in [-0.3, -0.25) is 19.0 Å². The van der Waals surface area contributed by atoms with Gasteiger partial charge in [0.15, 0.2) is 40.8 Å². The average molecular weight is 447 g/mol. The van der Waals surface area contributed by atoms with Gasteiger partial charge in [0.2, 0.25) is 11.2 Å². The minimum atomic E-state index is -3.38. The summed E-state index contributed by atoms with van der Waals surface area (Å²) in [4.78, 5) is 40.8. The van der Waals surface area contributed by atoms with Crippen molar-refractivity contribution < 1.29 is 43.2 Å². The number of aliphatic hydroxyl groups is 3. The zero-order chi connectivity index (χ0) is 22.8. The fourth-order valence-corrected chi connectivity index (χ4v) is 4.01. The Hall–Kier alpha value is -2.31. The SMILES string of the molecule is CC(=O)[C@@]1(O)[C@@](O)(C(C)=O)CO[C@@H](n2cnc3cc(Cl)c(F)c(F)c32)[C@@]1(O)C(C)=O. The molecule has 0 aliphatic carbocycles. The van der Waals surface area contributed by atoms with Crippen LogP contribution in [-0.2, 0) is 19.1 Å². The van der Waals surface area contributed by atoms with Crippen molar-refractivity contribution in [3.05, 3.63) is 29.1 Å². The fraction of sp³-hybridized carbons (Fsp3) is 0.444. The molecule has 0 spiro atoms. The molecule has 30 heavy (non-hydrogen) atoms. The van der Waals surface area contributed by atoms with E-state index in [0.717, 1.165) is 33.2 Å². The van der Waals surface area contributed by atoms with E-state index in [-0.39, 0.29) is 5.52 Å². The standard InChI is InChI=1S/C18H17ClF2N2O7/c1-7(24)16(27)5-30-15(17(28,8(2)25)18(16,29)9(3)26)23-6-22-11-4-10(19)12(20)13(21)14(11)23/h4,6,15,27-29H,5H2,1-3H3/t15-,16+,17+,18-/m1/s1. The number of nitrogens with zero attached hydrogens (tertiary/aromatic N) is 2. The van der Waals surface area contributed by atoms with Crippen LogP contribution in [0.5, 0.6) is 0 Å². The summed E-state index contributed by atoms with van der Waals surface area (Å²) in [6.45, 7) is 1.29. The maximum Gasteiger partial charge on any atom is 0.207 e. The van der Waals surface area contributed by atoms with Crippen LogP contribution in [0.1, 0.15) is 27.0 Å². The second kappa shape index (κ2) is 6.86. The van der Waals surface area contributed by atoms with Crippen molar-refractivity contribution in [3.8, 4) is 0 Å². The molecule has 4 atom stereocenters. The Morgan fingerprint density at radius 3 is 2.23 bits per heavy atom. The van der Waals surface area contributed by atoms with Crippen LogP contribution in [0.15, 0.2) is 12.4 Å². The molecule has 0 bridgehead atoms. The quantitative estimate of drug-likeness (QED) is 0.575. The van der Waals surface area contributed by atoms with Crippen LogP contribution in [0.4, 0.5) is 8.78 Å². The Morgan fingerprint density at radius 1 is 1.13 bits per heavy atom. The van der Waals surface area contributed by atoms with Crippen molar-refractivity contribution in [1.82, 2.24) is 9.55 Å². The average Bonchev–Trinajstić information content (AvgIpc) is 3.07. The fourth-order valence-electron chi connectivity index (χ4n) is 3.82. The minimum absolute atomic E-state index is 0.188. The third kappa shape index (κ3) is 2.53. The van der Waals surface area contributed by atoms with Crippen molar-refractivity contribution >= 4 is 40.0 Å². The molecule has 2 aromatic rings. The molecule has 3 N–H and O–H groups in total. The van der Waals surface area contributed by atoms with Gasteiger partial charge in [0.1, 0.15) is 5.52 Å². The van der Waals surface area contributed by atoms with Crippen molar-refractivity contribution in [2.24, 2.45) is 0 Å². The van der Waals surface area contributed by atoms with Crippen LogP contribution < -0.4 is 0 Å². The molecule has 0 unspecified atom stereocenters. The van der Waals surface area contributed by atoms with Crippen molar-refractivity contribution in [3.63, 3.8) is 0 Å². The Morgan fingerprint density at radius 2 is 1.73 bits per heavy atom. The maximum atomic E-state index is 14.6. The van der Waals surface area contributed by atoms with E-state index >= 15 is 0 Å². The molecule has 12 heteroatoms. The van der Waals surface area contributed by atoms with E-state index in [1.807, 2.05) is 0 Å². The van der Waals surface area contributed by atoms with E-state index in [0.29, 0.717) is 4.57 Å². The number of aromatic nitrogens is 2. The Bertz CT molecular complexity index is 1110. The first-order valence-electron chi connectivity index (χ1n) is 8.57. The molecule has 0 saturated carbocycles. The van der Waals surface area contributed by atoms with Gasteiger partial charge in [-0.05, 0) is 26.8 Å². The number of hydrogen-bond acceptors (Lipinski definition) is 8. The van der Waals surface area contributed by atoms with E-state index in [2.05, 4.69) is 4.98 Å². The highest BCUT2D eigenvalue weighted by Gasteiger charge is 2.75. The molecule has 0 radical (unpaired) electrons. The van der Waals surface area contributed by atoms with Gasteiger partial charge >= 0.3 is 0 Å². The monoisotopic (exact) mass is 446 g/mol. The Kier molecular flexibility index (Phi) is 5.11. The first kappa shape index (κ1) is 22.4. The highest BCUT2D eigenvalue weighted by molar-refractivity contribution is 6.31. The lowest BCUT2D eigenvalue weighted by molar-refractivity contribution is -0.310. The topological polar surface area (TPSA) is 139 Å². The number of carbonyl (C=O) groups excluding carboxylic acids is 3. The molecule has 1 aliphatic heterocycles. The Labute approximate surface area is 172 Å². The number of fused-ring (bicyclic) bond motifs is 1. The van der Waals surface area contributed by atoms with Crippen molar-refractivity contribution in [2.75, 3.05) is 6.61 Å². The van der Waals surface area contributed by atoms with Gasteiger partial charge in [-0.2, -0.15) is 0 Å². The van der Waals surface area contributed by atoms with Crippen LogP contribution in [0, 0.1) is 11.6 Å². The summed E-state index contributed by atoms with van der Waals surface area (Å²) in [7, 11) is 0. The zero-order valence-corrected chi connectivity index (χ0v) is 16.7. The number of carbonyl (C=O) groups is 3. The number of hydrogen-bond donors (Lipinski definition) is 3. The molecule has 1 aromatic carbocycles. The van der Waals surface area contributed by atoms with Crippen LogP contribution in [0.2, 0.25) is 5.02 Å². The van der Waals surface area contributed by atoms with Gasteiger partial charge < -0.3 is 20.1 Å². The summed E-state index contributed by atoms with van der Waals surface area (Å²) in [6, 6.07) is 0.977. The molecular weight excluding hydrogens is 430 g/mol. The number of halogens is 3. The van der Waals surface area contributed by atoms with E-state index in [9.17, 15) is 38.5 Å². The second-order valence-corrected chi connectivity index (χ2v) is 7.58. The summed E-state index contributed by atoms with van der Waals surface area (Å²) in [5.74, 6) is -6.73. The van der Waals surface area contributed by atoms with Gasteiger partial charge in [-0.1, -0.05) is 11.6 Å². The summed E-state index contributed by atoms with van der Waals surface area (Å²) in [5, 5.41) is 32.6. The lowest BCUT2D eigenvalue weighted by Crippen LogP contribution is -2.82. The zero-order valence-electron chi connectivity index (χ0n) is 15.9. The van der Waals surface area contributed by atoms with E-state index < -0.39 is 69.2 Å². The van der Waals surface area contributed by atoms with Crippen LogP contribution in [0.25, 0.3) is 11.0 Å². The first-order valence-corrected chi connectivity index (χ1v) is 8.94. The third-order valence-corrected chi connectivity index (χ3v) is 5.81. The molecule has 1 aliphatic rings. The van der Waals surface area contributed by atoms with Crippen molar-refractivity contribution in [1.29, 1.82) is 0 Å². The molecular formula is C18H17ClF2N2O7. The molecule has 0 amide bonds. The summed E-state index contributed by atoms with van der Waals surface area (Å²) in [5.41, 5.74) is -10.4. The number of ether oxygens (including phenoxy) is 1. The summed E-state index contributed by atoms with van der Waals surface area (Å²) >= 11 is 5.60. The predicted octanol–water partition coefficient (Wildman–Crippen LogP) is 0.457. The van der Waals surface area contributed by atoms with Gasteiger partial charge in [-0.15, -0.1) is 0 Å². The van der Waals surface area contributed by atoms with Gasteiger partial charge in [0, 0.05) is 0 Å². The number of Topliss-reactive ketones (excluding diaryl/α,β-unsaturated/α-hetero) is 3. The lowest BCUT2D eigenvalue weighted by Gasteiger charge is -2.54. The van der Waals surface area contributed by atoms with E-state index in [1.165, 1.54) is 0 Å². The van der Waals surface area contributed by atoms with Gasteiger partial charge in [-0.25, -0.2) is 13.8 Å². The normalized spacial score (nSPS) is 31.7. The number of benzene rings is 1. The van der Waals surface area contributed by atoms with Gasteiger partial charge in [0.05, 0.1) is 23.5 Å². The van der Waals surface area contributed by atoms with Crippen LogP contribution in [-0.4, -0.2) is 65.6 Å². The largest absolute Gasteiger partial charge is 0.376 e. The number of rotatable bonds is 4. The molecule has 3 rings (SSSR count). The Balaban J connectivity index is 2.37. The molecule has 1 fully saturated rings.